The van der Waals surface area contributed by atoms with Gasteiger partial charge in [0.15, 0.2) is 5.78 Å². The smallest absolute Gasteiger partial charge is 0.338 e. The summed E-state index contributed by atoms with van der Waals surface area (Å²) in [7, 11) is 0. The summed E-state index contributed by atoms with van der Waals surface area (Å²) in [6.45, 7) is 6.11. The second-order valence-corrected chi connectivity index (χ2v) is 5.82. The number of esters is 1. The van der Waals surface area contributed by atoms with E-state index in [0.717, 1.165) is 0 Å². The molecule has 0 spiro atoms. The minimum atomic E-state index is -0.574. The van der Waals surface area contributed by atoms with Crippen LogP contribution in [-0.2, 0) is 4.74 Å². The molecule has 1 aliphatic rings. The standard InChI is InChI=1S/C21H20O6/c1-4-25-15-9-7-8-13-17(15)20(23)18-14(19(13)22)10-12(21(24)27-6-3)11-16(18)26-5-2/h7-11H,4-6H2,1-3H3. The lowest BCUT2D eigenvalue weighted by Gasteiger charge is -2.22. The molecule has 0 aromatic heterocycles. The summed E-state index contributed by atoms with van der Waals surface area (Å²) < 4.78 is 16.2. The van der Waals surface area contributed by atoms with E-state index in [0.29, 0.717) is 12.4 Å². The first kappa shape index (κ1) is 18.6. The first-order valence-corrected chi connectivity index (χ1v) is 8.86. The number of rotatable bonds is 6. The van der Waals surface area contributed by atoms with E-state index in [9.17, 15) is 14.4 Å². The molecule has 2 aromatic carbocycles. The molecule has 0 heterocycles. The first-order chi connectivity index (χ1) is 13.0. The summed E-state index contributed by atoms with van der Waals surface area (Å²) in [6.07, 6.45) is 0. The highest BCUT2D eigenvalue weighted by Gasteiger charge is 2.36. The van der Waals surface area contributed by atoms with Crippen molar-refractivity contribution in [3.63, 3.8) is 0 Å². The molecule has 0 atom stereocenters. The third-order valence-electron chi connectivity index (χ3n) is 4.18. The monoisotopic (exact) mass is 368 g/mol. The maximum absolute atomic E-state index is 13.2. The zero-order chi connectivity index (χ0) is 19.6. The van der Waals surface area contributed by atoms with Crippen molar-refractivity contribution in [2.75, 3.05) is 19.8 Å². The van der Waals surface area contributed by atoms with Crippen LogP contribution in [-0.4, -0.2) is 37.4 Å². The van der Waals surface area contributed by atoms with Gasteiger partial charge in [0.25, 0.3) is 0 Å². The quantitative estimate of drug-likeness (QED) is 0.620. The number of carbonyl (C=O) groups excluding carboxylic acids is 3. The van der Waals surface area contributed by atoms with Gasteiger partial charge in [-0.2, -0.15) is 0 Å². The van der Waals surface area contributed by atoms with Crippen molar-refractivity contribution in [1.82, 2.24) is 0 Å². The third-order valence-corrected chi connectivity index (χ3v) is 4.18. The summed E-state index contributed by atoms with van der Waals surface area (Å²) >= 11 is 0. The Bertz CT molecular complexity index is 929. The van der Waals surface area contributed by atoms with E-state index in [-0.39, 0.29) is 58.3 Å². The Kier molecular flexibility index (Phi) is 5.26. The molecule has 27 heavy (non-hydrogen) atoms. The topological polar surface area (TPSA) is 78.9 Å². The molecule has 3 rings (SSSR count). The van der Waals surface area contributed by atoms with Gasteiger partial charge in [0.2, 0.25) is 5.78 Å². The molecular formula is C21H20O6. The Labute approximate surface area is 157 Å². The van der Waals surface area contributed by atoms with Crippen LogP contribution in [0.2, 0.25) is 0 Å². The lowest BCUT2D eigenvalue weighted by molar-refractivity contribution is 0.0525. The Morgan fingerprint density at radius 2 is 1.48 bits per heavy atom. The summed E-state index contributed by atoms with van der Waals surface area (Å²) in [6, 6.07) is 7.75. The highest BCUT2D eigenvalue weighted by molar-refractivity contribution is 6.30. The molecule has 6 heteroatoms. The molecule has 0 unspecified atom stereocenters. The highest BCUT2D eigenvalue weighted by atomic mass is 16.5. The number of ketones is 2. The molecule has 0 aliphatic heterocycles. The fourth-order valence-electron chi connectivity index (χ4n) is 3.13. The predicted octanol–water partition coefficient (Wildman–Crippen LogP) is 3.44. The van der Waals surface area contributed by atoms with Crippen LogP contribution in [0.5, 0.6) is 11.5 Å². The van der Waals surface area contributed by atoms with E-state index in [1.54, 1.807) is 39.0 Å². The zero-order valence-corrected chi connectivity index (χ0v) is 15.5. The van der Waals surface area contributed by atoms with Gasteiger partial charge < -0.3 is 14.2 Å². The minimum Gasteiger partial charge on any atom is -0.493 e. The first-order valence-electron chi connectivity index (χ1n) is 8.86. The van der Waals surface area contributed by atoms with Gasteiger partial charge in [-0.15, -0.1) is 0 Å². The molecule has 0 saturated heterocycles. The largest absolute Gasteiger partial charge is 0.493 e. The van der Waals surface area contributed by atoms with Crippen molar-refractivity contribution in [3.05, 3.63) is 58.1 Å². The summed E-state index contributed by atoms with van der Waals surface area (Å²) in [5.74, 6) is -0.740. The normalized spacial score (nSPS) is 12.3. The Morgan fingerprint density at radius 3 is 2.15 bits per heavy atom. The van der Waals surface area contributed by atoms with Crippen LogP contribution in [0.15, 0.2) is 30.3 Å². The second kappa shape index (κ2) is 7.61. The van der Waals surface area contributed by atoms with E-state index in [4.69, 9.17) is 14.2 Å². The van der Waals surface area contributed by atoms with E-state index in [1.165, 1.54) is 12.1 Å². The van der Waals surface area contributed by atoms with Crippen molar-refractivity contribution in [1.29, 1.82) is 0 Å². The van der Waals surface area contributed by atoms with E-state index >= 15 is 0 Å². The molecule has 0 fully saturated rings. The van der Waals surface area contributed by atoms with Crippen LogP contribution >= 0.6 is 0 Å². The van der Waals surface area contributed by atoms with Gasteiger partial charge in [0.1, 0.15) is 11.5 Å². The van der Waals surface area contributed by atoms with Gasteiger partial charge in [-0.1, -0.05) is 12.1 Å². The Balaban J connectivity index is 2.23. The van der Waals surface area contributed by atoms with Crippen molar-refractivity contribution in [2.45, 2.75) is 20.8 Å². The predicted molar refractivity (Wildman–Crippen MR) is 98.0 cm³/mol. The van der Waals surface area contributed by atoms with Gasteiger partial charge in [-0.05, 0) is 39.0 Å². The van der Waals surface area contributed by atoms with Crippen LogP contribution < -0.4 is 9.47 Å². The lowest BCUT2D eigenvalue weighted by atomic mass is 9.82. The molecule has 6 nitrogen and oxygen atoms in total. The second-order valence-electron chi connectivity index (χ2n) is 5.82. The zero-order valence-electron chi connectivity index (χ0n) is 15.5. The molecule has 140 valence electrons. The van der Waals surface area contributed by atoms with Gasteiger partial charge in [0.05, 0.1) is 36.5 Å². The van der Waals surface area contributed by atoms with E-state index in [1.807, 2.05) is 0 Å². The van der Waals surface area contributed by atoms with Crippen LogP contribution in [0, 0.1) is 0 Å². The molecule has 0 amide bonds. The number of ether oxygens (including phenoxy) is 3. The maximum Gasteiger partial charge on any atom is 0.338 e. The van der Waals surface area contributed by atoms with Crippen LogP contribution in [0.3, 0.4) is 0 Å². The summed E-state index contributed by atoms with van der Waals surface area (Å²) in [5.41, 5.74) is 0.929. The Morgan fingerprint density at radius 1 is 0.815 bits per heavy atom. The molecule has 2 aromatic rings. The van der Waals surface area contributed by atoms with E-state index in [2.05, 4.69) is 0 Å². The van der Waals surface area contributed by atoms with Crippen molar-refractivity contribution in [2.24, 2.45) is 0 Å². The minimum absolute atomic E-state index is 0.134. The molecule has 0 N–H and O–H groups in total. The van der Waals surface area contributed by atoms with Gasteiger partial charge in [-0.3, -0.25) is 9.59 Å². The van der Waals surface area contributed by atoms with Crippen LogP contribution in [0.25, 0.3) is 0 Å². The average Bonchev–Trinajstić information content (AvgIpc) is 2.66. The number of hydrogen-bond acceptors (Lipinski definition) is 6. The Hall–Kier alpha value is -3.15. The number of carbonyl (C=O) groups is 3. The van der Waals surface area contributed by atoms with Crippen LogP contribution in [0.1, 0.15) is 63.0 Å². The molecule has 0 saturated carbocycles. The molecular weight excluding hydrogens is 348 g/mol. The molecule has 0 bridgehead atoms. The summed E-state index contributed by atoms with van der Waals surface area (Å²) in [4.78, 5) is 38.5. The molecule has 1 aliphatic carbocycles. The van der Waals surface area contributed by atoms with Gasteiger partial charge >= 0.3 is 5.97 Å². The number of hydrogen-bond donors (Lipinski definition) is 0. The van der Waals surface area contributed by atoms with Crippen LogP contribution in [0.4, 0.5) is 0 Å². The number of benzene rings is 2. The average molecular weight is 368 g/mol. The summed E-state index contributed by atoms with van der Waals surface area (Å²) in [5, 5.41) is 0. The van der Waals surface area contributed by atoms with Gasteiger partial charge in [-0.25, -0.2) is 4.79 Å². The highest BCUT2D eigenvalue weighted by Crippen LogP contribution is 2.38. The fraction of sp³-hybridized carbons (Fsp3) is 0.286. The van der Waals surface area contributed by atoms with Crippen molar-refractivity contribution < 1.29 is 28.6 Å². The maximum atomic E-state index is 13.2. The SMILES string of the molecule is CCOC(=O)c1cc(OCC)c2c(c1)C(=O)c1cccc(OCC)c1C2=O. The molecule has 0 radical (unpaired) electrons. The van der Waals surface area contributed by atoms with Crippen molar-refractivity contribution >= 4 is 17.5 Å². The van der Waals surface area contributed by atoms with E-state index < -0.39 is 5.97 Å². The van der Waals surface area contributed by atoms with Crippen molar-refractivity contribution in [3.8, 4) is 11.5 Å². The fourth-order valence-corrected chi connectivity index (χ4v) is 3.13. The van der Waals surface area contributed by atoms with Gasteiger partial charge in [0, 0.05) is 11.1 Å². The lowest BCUT2D eigenvalue weighted by Crippen LogP contribution is -2.24. The number of fused-ring (bicyclic) bond motifs is 2. The third kappa shape index (κ3) is 3.18.